The fourth-order valence-corrected chi connectivity index (χ4v) is 2.21. The first-order valence-electron chi connectivity index (χ1n) is 6.29. The number of aromatic nitrogens is 1. The van der Waals surface area contributed by atoms with Gasteiger partial charge in [-0.25, -0.2) is 4.90 Å². The number of hydrogen-bond donors (Lipinski definition) is 0. The second-order valence-electron chi connectivity index (χ2n) is 4.56. The maximum Gasteiger partial charge on any atom is 0.305 e. The van der Waals surface area contributed by atoms with Crippen LogP contribution < -0.4 is 4.90 Å². The SMILES string of the molecule is Cc1noc(C)c1N1C(=O)COC1=Nc1ccc(Cl)cc1. The molecule has 0 unspecified atom stereocenters. The monoisotopic (exact) mass is 305 g/mol. The predicted octanol–water partition coefficient (Wildman–Crippen LogP) is 3.00. The van der Waals surface area contributed by atoms with E-state index in [1.54, 1.807) is 38.1 Å². The van der Waals surface area contributed by atoms with E-state index < -0.39 is 0 Å². The van der Waals surface area contributed by atoms with Crippen LogP contribution in [0.2, 0.25) is 5.02 Å². The van der Waals surface area contributed by atoms with E-state index in [4.69, 9.17) is 20.9 Å². The van der Waals surface area contributed by atoms with Crippen LogP contribution in [0.3, 0.4) is 0 Å². The molecule has 6 nitrogen and oxygen atoms in total. The van der Waals surface area contributed by atoms with E-state index in [0.717, 1.165) is 0 Å². The number of amidine groups is 1. The van der Waals surface area contributed by atoms with Crippen molar-refractivity contribution >= 4 is 34.9 Å². The lowest BCUT2D eigenvalue weighted by Crippen LogP contribution is -2.30. The first-order valence-corrected chi connectivity index (χ1v) is 6.67. The summed E-state index contributed by atoms with van der Waals surface area (Å²) in [5, 5.41) is 4.47. The van der Waals surface area contributed by atoms with E-state index in [1.165, 1.54) is 4.90 Å². The highest BCUT2D eigenvalue weighted by Crippen LogP contribution is 2.28. The molecule has 108 valence electrons. The van der Waals surface area contributed by atoms with Crippen molar-refractivity contribution in [2.45, 2.75) is 13.8 Å². The first kappa shape index (κ1) is 13.6. The third-order valence-electron chi connectivity index (χ3n) is 3.04. The van der Waals surface area contributed by atoms with Gasteiger partial charge in [0.25, 0.3) is 5.91 Å². The van der Waals surface area contributed by atoms with Crippen LogP contribution >= 0.6 is 11.6 Å². The third kappa shape index (κ3) is 2.50. The predicted molar refractivity (Wildman–Crippen MR) is 78.0 cm³/mol. The smallest absolute Gasteiger partial charge is 0.305 e. The van der Waals surface area contributed by atoms with Gasteiger partial charge in [-0.3, -0.25) is 4.79 Å². The van der Waals surface area contributed by atoms with E-state index >= 15 is 0 Å². The molecule has 1 aromatic carbocycles. The van der Waals surface area contributed by atoms with Crippen molar-refractivity contribution < 1.29 is 14.1 Å². The van der Waals surface area contributed by atoms with Gasteiger partial charge in [-0.1, -0.05) is 16.8 Å². The van der Waals surface area contributed by atoms with E-state index in [9.17, 15) is 4.79 Å². The number of halogens is 1. The molecular formula is C14H12ClN3O3. The summed E-state index contributed by atoms with van der Waals surface area (Å²) in [6.45, 7) is 3.44. The van der Waals surface area contributed by atoms with Gasteiger partial charge in [-0.05, 0) is 38.1 Å². The minimum absolute atomic E-state index is 0.0590. The van der Waals surface area contributed by atoms with Gasteiger partial charge in [0.05, 0.1) is 5.69 Å². The van der Waals surface area contributed by atoms with Crippen LogP contribution in [0.4, 0.5) is 11.4 Å². The lowest BCUT2D eigenvalue weighted by Gasteiger charge is -2.13. The zero-order valence-corrected chi connectivity index (χ0v) is 12.2. The van der Waals surface area contributed by atoms with Crippen molar-refractivity contribution in [2.75, 3.05) is 11.5 Å². The summed E-state index contributed by atoms with van der Waals surface area (Å²) in [6, 6.07) is 7.13. The molecular weight excluding hydrogens is 294 g/mol. The number of aryl methyl sites for hydroxylation is 2. The Balaban J connectivity index is 2.02. The minimum atomic E-state index is -0.211. The number of aliphatic imine (C=N–C) groups is 1. The quantitative estimate of drug-likeness (QED) is 0.855. The molecule has 0 aliphatic carbocycles. The molecule has 2 heterocycles. The highest BCUT2D eigenvalue weighted by Gasteiger charge is 2.35. The van der Waals surface area contributed by atoms with E-state index in [2.05, 4.69) is 10.1 Å². The fourth-order valence-electron chi connectivity index (χ4n) is 2.09. The molecule has 1 fully saturated rings. The molecule has 1 aliphatic heterocycles. The maximum absolute atomic E-state index is 12.1. The second kappa shape index (κ2) is 5.21. The van der Waals surface area contributed by atoms with Crippen LogP contribution in [0.5, 0.6) is 0 Å². The van der Waals surface area contributed by atoms with Crippen molar-refractivity contribution in [3.63, 3.8) is 0 Å². The second-order valence-corrected chi connectivity index (χ2v) is 5.00. The van der Waals surface area contributed by atoms with Crippen LogP contribution in [0.1, 0.15) is 11.5 Å². The highest BCUT2D eigenvalue weighted by atomic mass is 35.5. The van der Waals surface area contributed by atoms with Gasteiger partial charge in [-0.15, -0.1) is 0 Å². The maximum atomic E-state index is 12.1. The topological polar surface area (TPSA) is 67.9 Å². The minimum Gasteiger partial charge on any atom is -0.454 e. The Hall–Kier alpha value is -2.34. The van der Waals surface area contributed by atoms with E-state index in [0.29, 0.717) is 27.9 Å². The van der Waals surface area contributed by atoms with Crippen LogP contribution in [0.25, 0.3) is 0 Å². The number of carbonyl (C=O) groups excluding carboxylic acids is 1. The van der Waals surface area contributed by atoms with Crippen molar-refractivity contribution in [3.8, 4) is 0 Å². The molecule has 2 aromatic rings. The molecule has 0 spiro atoms. The van der Waals surface area contributed by atoms with Crippen LogP contribution in [0.15, 0.2) is 33.8 Å². The summed E-state index contributed by atoms with van der Waals surface area (Å²) < 4.78 is 10.5. The van der Waals surface area contributed by atoms with Crippen LogP contribution in [-0.4, -0.2) is 23.7 Å². The number of benzene rings is 1. The summed E-state index contributed by atoms with van der Waals surface area (Å²) in [5.41, 5.74) is 1.82. The molecule has 1 aromatic heterocycles. The molecule has 0 atom stereocenters. The van der Waals surface area contributed by atoms with Gasteiger partial charge in [0.15, 0.2) is 12.4 Å². The molecule has 0 bridgehead atoms. The van der Waals surface area contributed by atoms with Gasteiger partial charge in [0.2, 0.25) is 0 Å². The summed E-state index contributed by atoms with van der Waals surface area (Å²) in [4.78, 5) is 17.8. The number of carbonyl (C=O) groups is 1. The highest BCUT2D eigenvalue weighted by molar-refractivity contribution is 6.30. The number of ether oxygens (including phenoxy) is 1. The fraction of sp³-hybridized carbons (Fsp3) is 0.214. The first-order chi connectivity index (χ1) is 10.1. The molecule has 0 radical (unpaired) electrons. The van der Waals surface area contributed by atoms with Crippen molar-refractivity contribution in [3.05, 3.63) is 40.7 Å². The van der Waals surface area contributed by atoms with Gasteiger partial charge < -0.3 is 9.26 Å². The average Bonchev–Trinajstić information content (AvgIpc) is 2.96. The van der Waals surface area contributed by atoms with Crippen molar-refractivity contribution in [1.82, 2.24) is 5.16 Å². The third-order valence-corrected chi connectivity index (χ3v) is 3.29. The largest absolute Gasteiger partial charge is 0.454 e. The molecule has 7 heteroatoms. The summed E-state index contributed by atoms with van der Waals surface area (Å²) in [7, 11) is 0. The summed E-state index contributed by atoms with van der Waals surface area (Å²) in [5.74, 6) is 0.326. The zero-order chi connectivity index (χ0) is 15.0. The molecule has 0 saturated carbocycles. The normalized spacial score (nSPS) is 16.6. The molecule has 1 aliphatic rings. The molecule has 1 amide bonds. The molecule has 3 rings (SSSR count). The molecule has 0 N–H and O–H groups in total. The zero-order valence-electron chi connectivity index (χ0n) is 11.5. The number of anilines is 1. The number of rotatable bonds is 2. The van der Waals surface area contributed by atoms with Gasteiger partial charge in [0, 0.05) is 5.02 Å². The summed E-state index contributed by atoms with van der Waals surface area (Å²) in [6.07, 6.45) is 0. The van der Waals surface area contributed by atoms with Crippen LogP contribution in [0, 0.1) is 13.8 Å². The lowest BCUT2D eigenvalue weighted by molar-refractivity contribution is -0.117. The Morgan fingerprint density at radius 2 is 2.00 bits per heavy atom. The Kier molecular flexibility index (Phi) is 3.39. The van der Waals surface area contributed by atoms with Crippen molar-refractivity contribution in [1.29, 1.82) is 0 Å². The standard InChI is InChI=1S/C14H12ClN3O3/c1-8-13(9(2)21-17-8)18-12(19)7-20-14(18)16-11-5-3-10(15)4-6-11/h3-6H,7H2,1-2H3. The Morgan fingerprint density at radius 3 is 2.62 bits per heavy atom. The van der Waals surface area contributed by atoms with Gasteiger partial charge in [0.1, 0.15) is 11.4 Å². The van der Waals surface area contributed by atoms with Crippen LogP contribution in [-0.2, 0) is 9.53 Å². The Labute approximate surface area is 126 Å². The van der Waals surface area contributed by atoms with Crippen molar-refractivity contribution in [2.24, 2.45) is 4.99 Å². The van der Waals surface area contributed by atoms with Gasteiger partial charge >= 0.3 is 6.02 Å². The Morgan fingerprint density at radius 1 is 1.29 bits per heavy atom. The number of amides is 1. The molecule has 21 heavy (non-hydrogen) atoms. The van der Waals surface area contributed by atoms with E-state index in [1.807, 2.05) is 0 Å². The lowest BCUT2D eigenvalue weighted by atomic mass is 10.3. The van der Waals surface area contributed by atoms with Gasteiger partial charge in [-0.2, -0.15) is 4.99 Å². The number of nitrogens with zero attached hydrogens (tertiary/aromatic N) is 3. The van der Waals surface area contributed by atoms with E-state index in [-0.39, 0.29) is 18.5 Å². The average molecular weight is 306 g/mol. The number of hydrogen-bond acceptors (Lipinski definition) is 5. The Bertz CT molecular complexity index is 702. The molecule has 1 saturated heterocycles. The summed E-state index contributed by atoms with van der Waals surface area (Å²) >= 11 is 5.84.